The van der Waals surface area contributed by atoms with E-state index in [-0.39, 0.29) is 0 Å². The van der Waals surface area contributed by atoms with Crippen molar-refractivity contribution in [1.82, 2.24) is 13.7 Å². The first-order valence-corrected chi connectivity index (χ1v) is 21.3. The van der Waals surface area contributed by atoms with Gasteiger partial charge in [0.25, 0.3) is 0 Å². The van der Waals surface area contributed by atoms with E-state index in [1.54, 1.807) is 0 Å². The Bertz CT molecular complexity index is 3580. The van der Waals surface area contributed by atoms with Gasteiger partial charge in [0.15, 0.2) is 0 Å². The Kier molecular flexibility index (Phi) is 7.57. The smallest absolute Gasteiger partial charge is 0.0547 e. The minimum atomic E-state index is 1.08. The Morgan fingerprint density at radius 1 is 0.226 bits per heavy atom. The Labute approximate surface area is 358 Å². The van der Waals surface area contributed by atoms with Gasteiger partial charge in [0.05, 0.1) is 33.1 Å². The van der Waals surface area contributed by atoms with Crippen molar-refractivity contribution >= 4 is 93.3 Å². The molecular weight excluding hydrogens is 753 g/mol. The van der Waals surface area contributed by atoms with Gasteiger partial charge in [-0.15, -0.1) is 0 Å². The van der Waals surface area contributed by atoms with Crippen molar-refractivity contribution < 1.29 is 0 Å². The summed E-state index contributed by atoms with van der Waals surface area (Å²) in [6.45, 7) is 0. The Balaban J connectivity index is 0.956. The fraction of sp³-hybridized carbons (Fsp3) is 0. The molecule has 4 nitrogen and oxygen atoms in total. The Morgan fingerprint density at radius 3 is 0.855 bits per heavy atom. The summed E-state index contributed by atoms with van der Waals surface area (Å²) in [6.07, 6.45) is 0. The minimum Gasteiger partial charge on any atom is -0.310 e. The number of hydrogen-bond acceptors (Lipinski definition) is 1. The standard InChI is InChI=1S/C58H38N4/c1-2-14-40-38-58-52(37-39(40)13-1)51-19-7-12-24-57(51)62(58)46-35-29-43(30-36-46)59(41-25-31-44(32-26-41)60-53-20-8-3-15-47(53)48-16-4-9-21-54(48)60)42-27-33-45(34-28-42)61-55-22-10-5-17-49(55)50-18-6-11-23-56(50)61/h1-38H. The van der Waals surface area contributed by atoms with Crippen LogP contribution in [-0.2, 0) is 0 Å². The summed E-state index contributed by atoms with van der Waals surface area (Å²) in [4.78, 5) is 2.37. The third-order valence-electron chi connectivity index (χ3n) is 12.8. The molecule has 13 aromatic rings. The molecule has 13 rings (SSSR count). The third-order valence-corrected chi connectivity index (χ3v) is 12.8. The average molecular weight is 791 g/mol. The first kappa shape index (κ1) is 34.5. The lowest BCUT2D eigenvalue weighted by Gasteiger charge is -2.26. The van der Waals surface area contributed by atoms with Crippen molar-refractivity contribution in [1.29, 1.82) is 0 Å². The van der Waals surface area contributed by atoms with Crippen molar-refractivity contribution in [3.8, 4) is 17.1 Å². The molecule has 0 radical (unpaired) electrons. The maximum absolute atomic E-state index is 2.41. The number of aromatic nitrogens is 3. The molecule has 0 N–H and O–H groups in total. The van der Waals surface area contributed by atoms with Crippen molar-refractivity contribution in [2.75, 3.05) is 4.90 Å². The lowest BCUT2D eigenvalue weighted by Crippen LogP contribution is -2.10. The molecule has 0 amide bonds. The number of hydrogen-bond donors (Lipinski definition) is 0. The van der Waals surface area contributed by atoms with E-state index in [1.807, 2.05) is 0 Å². The van der Waals surface area contributed by atoms with Gasteiger partial charge in [-0.25, -0.2) is 0 Å². The van der Waals surface area contributed by atoms with E-state index in [9.17, 15) is 0 Å². The van der Waals surface area contributed by atoms with Gasteiger partial charge in [-0.05, 0) is 126 Å². The number of fused-ring (bicyclic) bond motifs is 10. The second-order valence-corrected chi connectivity index (χ2v) is 16.2. The van der Waals surface area contributed by atoms with E-state index < -0.39 is 0 Å². The van der Waals surface area contributed by atoms with Crippen LogP contribution in [0.4, 0.5) is 17.1 Å². The summed E-state index contributed by atoms with van der Waals surface area (Å²) in [7, 11) is 0. The maximum Gasteiger partial charge on any atom is 0.0547 e. The second-order valence-electron chi connectivity index (χ2n) is 16.2. The maximum atomic E-state index is 2.41. The first-order chi connectivity index (χ1) is 30.8. The fourth-order valence-corrected chi connectivity index (χ4v) is 10.0. The van der Waals surface area contributed by atoms with E-state index in [1.165, 1.54) is 76.2 Å². The molecule has 0 fully saturated rings. The molecule has 0 spiro atoms. The van der Waals surface area contributed by atoms with Crippen LogP contribution in [-0.4, -0.2) is 13.7 Å². The van der Waals surface area contributed by atoms with E-state index >= 15 is 0 Å². The molecule has 0 unspecified atom stereocenters. The van der Waals surface area contributed by atoms with Crippen LogP contribution in [0.1, 0.15) is 0 Å². The van der Waals surface area contributed by atoms with Gasteiger partial charge in [-0.1, -0.05) is 115 Å². The molecular formula is C58H38N4. The summed E-state index contributed by atoms with van der Waals surface area (Å²) < 4.78 is 7.17. The molecule has 0 atom stereocenters. The normalized spacial score (nSPS) is 11.9. The van der Waals surface area contributed by atoms with Gasteiger partial charge >= 0.3 is 0 Å². The van der Waals surface area contributed by atoms with E-state index in [0.717, 1.165) is 34.1 Å². The monoisotopic (exact) mass is 790 g/mol. The average Bonchev–Trinajstić information content (AvgIpc) is 3.97. The van der Waals surface area contributed by atoms with Crippen molar-refractivity contribution in [3.05, 3.63) is 231 Å². The molecule has 0 aliphatic heterocycles. The molecule has 10 aromatic carbocycles. The molecule has 3 aromatic heterocycles. The Hall–Kier alpha value is -8.34. The van der Waals surface area contributed by atoms with Crippen LogP contribution in [0.25, 0.3) is 93.3 Å². The quantitative estimate of drug-likeness (QED) is 0.164. The van der Waals surface area contributed by atoms with Crippen LogP contribution < -0.4 is 4.90 Å². The van der Waals surface area contributed by atoms with Crippen LogP contribution >= 0.6 is 0 Å². The van der Waals surface area contributed by atoms with Gasteiger partial charge in [0, 0.05) is 66.4 Å². The third kappa shape index (κ3) is 5.20. The highest BCUT2D eigenvalue weighted by Crippen LogP contribution is 2.40. The van der Waals surface area contributed by atoms with Crippen LogP contribution in [0.3, 0.4) is 0 Å². The highest BCUT2D eigenvalue weighted by molar-refractivity contribution is 6.14. The molecule has 3 heterocycles. The SMILES string of the molecule is c1ccc2cc3c(cc2c1)c1ccccc1n3-c1ccc(N(c2ccc(-n3c4ccccc4c4ccccc43)cc2)c2ccc(-n3c4ccccc4c4ccccc43)cc2)cc1. The van der Waals surface area contributed by atoms with Crippen molar-refractivity contribution in [3.63, 3.8) is 0 Å². The summed E-state index contributed by atoms with van der Waals surface area (Å²) in [5.74, 6) is 0. The van der Waals surface area contributed by atoms with Gasteiger partial charge in [-0.2, -0.15) is 0 Å². The summed E-state index contributed by atoms with van der Waals surface area (Å²) >= 11 is 0. The molecule has 62 heavy (non-hydrogen) atoms. The van der Waals surface area contributed by atoms with Crippen molar-refractivity contribution in [2.24, 2.45) is 0 Å². The van der Waals surface area contributed by atoms with Gasteiger partial charge in [0.2, 0.25) is 0 Å². The zero-order valence-corrected chi connectivity index (χ0v) is 33.7. The molecule has 0 aliphatic rings. The lowest BCUT2D eigenvalue weighted by molar-refractivity contribution is 1.16. The number of rotatable bonds is 6. The summed E-state index contributed by atoms with van der Waals surface area (Å²) in [5, 5.41) is 10.0. The van der Waals surface area contributed by atoms with Gasteiger partial charge in [-0.3, -0.25) is 0 Å². The molecule has 0 aliphatic carbocycles. The highest BCUT2D eigenvalue weighted by atomic mass is 15.1. The lowest BCUT2D eigenvalue weighted by atomic mass is 10.1. The predicted octanol–water partition coefficient (Wildman–Crippen LogP) is 15.6. The van der Waals surface area contributed by atoms with Gasteiger partial charge < -0.3 is 18.6 Å². The summed E-state index contributed by atoms with van der Waals surface area (Å²) in [6, 6.07) is 83.9. The van der Waals surface area contributed by atoms with E-state index in [2.05, 4.69) is 249 Å². The van der Waals surface area contributed by atoms with Crippen LogP contribution in [0.5, 0.6) is 0 Å². The second kappa shape index (κ2) is 13.6. The molecule has 0 saturated heterocycles. The number of anilines is 3. The van der Waals surface area contributed by atoms with E-state index in [0.29, 0.717) is 0 Å². The van der Waals surface area contributed by atoms with E-state index in [4.69, 9.17) is 0 Å². The Morgan fingerprint density at radius 2 is 0.500 bits per heavy atom. The highest BCUT2D eigenvalue weighted by Gasteiger charge is 2.19. The van der Waals surface area contributed by atoms with Crippen LogP contribution in [0.15, 0.2) is 231 Å². The zero-order chi connectivity index (χ0) is 40.7. The topological polar surface area (TPSA) is 18.0 Å². The number of para-hydroxylation sites is 5. The molecule has 0 bridgehead atoms. The van der Waals surface area contributed by atoms with Crippen molar-refractivity contribution in [2.45, 2.75) is 0 Å². The molecule has 290 valence electrons. The first-order valence-electron chi connectivity index (χ1n) is 21.3. The number of nitrogens with zero attached hydrogens (tertiary/aromatic N) is 4. The zero-order valence-electron chi connectivity index (χ0n) is 33.7. The summed E-state index contributed by atoms with van der Waals surface area (Å²) in [5.41, 5.74) is 13.8. The fourth-order valence-electron chi connectivity index (χ4n) is 10.0. The predicted molar refractivity (Wildman–Crippen MR) is 262 cm³/mol. The molecule has 0 saturated carbocycles. The molecule has 4 heteroatoms. The van der Waals surface area contributed by atoms with Gasteiger partial charge in [0.1, 0.15) is 0 Å². The largest absolute Gasteiger partial charge is 0.310 e. The van der Waals surface area contributed by atoms with Crippen LogP contribution in [0.2, 0.25) is 0 Å². The number of benzene rings is 10. The minimum absolute atomic E-state index is 1.08. The van der Waals surface area contributed by atoms with Crippen LogP contribution in [0, 0.1) is 0 Å².